The van der Waals surface area contributed by atoms with Crippen molar-refractivity contribution in [1.82, 2.24) is 20.0 Å². The van der Waals surface area contributed by atoms with Gasteiger partial charge in [0.05, 0.1) is 18.0 Å². The number of nitrogens with one attached hydrogen (secondary N) is 3. The highest BCUT2D eigenvalue weighted by Crippen LogP contribution is 2.45. The predicted octanol–water partition coefficient (Wildman–Crippen LogP) is 4.59. The van der Waals surface area contributed by atoms with Crippen molar-refractivity contribution in [2.24, 2.45) is 0 Å². The lowest BCUT2D eigenvalue weighted by atomic mass is 9.67. The number of rotatable bonds is 9. The van der Waals surface area contributed by atoms with Crippen molar-refractivity contribution < 1.29 is 18.8 Å². The van der Waals surface area contributed by atoms with Gasteiger partial charge in [0.2, 0.25) is 5.91 Å². The summed E-state index contributed by atoms with van der Waals surface area (Å²) in [5, 5.41) is 26.0. The van der Waals surface area contributed by atoms with E-state index in [4.69, 9.17) is 0 Å². The summed E-state index contributed by atoms with van der Waals surface area (Å²) in [5.74, 6) is -0.692. The maximum atomic E-state index is 13.9. The summed E-state index contributed by atoms with van der Waals surface area (Å²) >= 11 is 0. The lowest BCUT2D eigenvalue weighted by molar-refractivity contribution is -0.130. The van der Waals surface area contributed by atoms with Crippen molar-refractivity contribution in [3.63, 3.8) is 0 Å². The molecule has 0 saturated carbocycles. The van der Waals surface area contributed by atoms with E-state index in [1.54, 1.807) is 57.4 Å². The summed E-state index contributed by atoms with van der Waals surface area (Å²) in [6.45, 7) is 2.54. The quantitative estimate of drug-likeness (QED) is 0.226. The van der Waals surface area contributed by atoms with Gasteiger partial charge in [-0.2, -0.15) is 5.26 Å². The minimum absolute atomic E-state index is 0.0282. The Morgan fingerprint density at radius 2 is 1.51 bits per heavy atom. The zero-order valence-electron chi connectivity index (χ0n) is 28.8. The molecule has 3 amide bonds. The highest BCUT2D eigenvalue weighted by Gasteiger charge is 2.45. The zero-order chi connectivity index (χ0) is 35.5. The number of anilines is 1. The van der Waals surface area contributed by atoms with Gasteiger partial charge in [0, 0.05) is 57.6 Å². The second-order valence-corrected chi connectivity index (χ2v) is 13.4. The molecule has 0 spiro atoms. The van der Waals surface area contributed by atoms with E-state index in [0.29, 0.717) is 49.0 Å². The number of fused-ring (bicyclic) bond motifs is 2. The van der Waals surface area contributed by atoms with Crippen LogP contribution in [0.25, 0.3) is 0 Å². The Bertz CT molecular complexity index is 1730. The molecule has 3 N–H and O–H groups in total. The lowest BCUT2D eigenvalue weighted by Gasteiger charge is -2.40. The molecule has 0 aromatic heterocycles. The number of carbonyl (C=O) groups is 3. The minimum atomic E-state index is -1.13. The first-order valence-electron chi connectivity index (χ1n) is 16.6. The molecule has 1 heterocycles. The average Bonchev–Trinajstić information content (AvgIpc) is 3.53. The number of amidine groups is 1. The molecule has 2 aliphatic rings. The Morgan fingerprint density at radius 1 is 0.959 bits per heavy atom. The van der Waals surface area contributed by atoms with Gasteiger partial charge in [-0.05, 0) is 110 Å². The standard InChI is InChI=1S/C38H44FN7O3/c1-24(42-23-34(47)46-18-6-7-31(46)22-40)21-38(37(41)43-30-14-12-29(39)13-15-30)32-16-10-27(35(48)44(2)3)19-25(32)8-9-26-20-28(11-17-33(26)38)36(49)45(4)5/h10-17,19-20,24,31,42H,6-9,18,21,23H2,1-5H3,(H2,41,43)/t24-,31-/m0/s1. The average molecular weight is 666 g/mol. The van der Waals surface area contributed by atoms with Gasteiger partial charge in [0.25, 0.3) is 11.8 Å². The molecule has 0 radical (unpaired) electrons. The number of halogens is 1. The smallest absolute Gasteiger partial charge is 0.253 e. The molecule has 2 atom stereocenters. The minimum Gasteiger partial charge on any atom is -0.345 e. The molecule has 3 aromatic carbocycles. The molecule has 0 unspecified atom stereocenters. The van der Waals surface area contributed by atoms with E-state index in [1.807, 2.05) is 31.2 Å². The number of likely N-dealkylation sites (tertiary alicyclic amines) is 1. The molecule has 49 heavy (non-hydrogen) atoms. The van der Waals surface area contributed by atoms with Crippen molar-refractivity contribution in [2.45, 2.75) is 56.5 Å². The van der Waals surface area contributed by atoms with Crippen molar-refractivity contribution in [1.29, 1.82) is 10.7 Å². The molecular formula is C38H44FN7O3. The fourth-order valence-electron chi connectivity index (χ4n) is 7.10. The van der Waals surface area contributed by atoms with Crippen molar-refractivity contribution in [3.8, 4) is 6.07 Å². The number of carbonyl (C=O) groups excluding carboxylic acids is 3. The van der Waals surface area contributed by atoms with Crippen LogP contribution in [0.4, 0.5) is 10.1 Å². The summed E-state index contributed by atoms with van der Waals surface area (Å²) in [4.78, 5) is 44.1. The third kappa shape index (κ3) is 7.20. The number of aryl methyl sites for hydroxylation is 2. The van der Waals surface area contributed by atoms with Gasteiger partial charge in [-0.25, -0.2) is 4.39 Å². The fraction of sp³-hybridized carbons (Fsp3) is 0.395. The van der Waals surface area contributed by atoms with Crippen LogP contribution in [0.2, 0.25) is 0 Å². The van der Waals surface area contributed by atoms with Crippen LogP contribution in [-0.2, 0) is 23.1 Å². The topological polar surface area (TPSA) is 133 Å². The van der Waals surface area contributed by atoms with Crippen LogP contribution < -0.4 is 10.6 Å². The summed E-state index contributed by atoms with van der Waals surface area (Å²) in [6, 6.07) is 18.5. The molecule has 1 aliphatic heterocycles. The Hall–Kier alpha value is -5.08. The largest absolute Gasteiger partial charge is 0.345 e. The first-order valence-corrected chi connectivity index (χ1v) is 16.6. The first kappa shape index (κ1) is 35.2. The maximum absolute atomic E-state index is 13.9. The molecule has 1 saturated heterocycles. The van der Waals surface area contributed by atoms with Crippen LogP contribution in [0.3, 0.4) is 0 Å². The predicted molar refractivity (Wildman–Crippen MR) is 187 cm³/mol. The van der Waals surface area contributed by atoms with Crippen LogP contribution in [0.5, 0.6) is 0 Å². The molecule has 0 bridgehead atoms. The summed E-state index contributed by atoms with van der Waals surface area (Å²) in [5.41, 5.74) is 3.91. The normalized spacial score (nSPS) is 16.8. The van der Waals surface area contributed by atoms with E-state index in [9.17, 15) is 29.4 Å². The van der Waals surface area contributed by atoms with Crippen LogP contribution in [0.15, 0.2) is 60.7 Å². The number of amides is 3. The number of hydrogen-bond acceptors (Lipinski definition) is 6. The molecule has 1 fully saturated rings. The van der Waals surface area contributed by atoms with Gasteiger partial charge in [0.1, 0.15) is 17.7 Å². The van der Waals surface area contributed by atoms with E-state index < -0.39 is 17.3 Å². The van der Waals surface area contributed by atoms with Gasteiger partial charge >= 0.3 is 0 Å². The number of benzene rings is 3. The van der Waals surface area contributed by atoms with Gasteiger partial charge in [-0.15, -0.1) is 0 Å². The Morgan fingerprint density at radius 3 is 2.02 bits per heavy atom. The number of nitriles is 1. The van der Waals surface area contributed by atoms with E-state index in [1.165, 1.54) is 21.9 Å². The first-order chi connectivity index (χ1) is 23.3. The Balaban J connectivity index is 1.64. The van der Waals surface area contributed by atoms with Gasteiger partial charge in [0.15, 0.2) is 0 Å². The maximum Gasteiger partial charge on any atom is 0.253 e. The van der Waals surface area contributed by atoms with Crippen molar-refractivity contribution in [3.05, 3.63) is 99.9 Å². The van der Waals surface area contributed by atoms with Crippen LogP contribution >= 0.6 is 0 Å². The second kappa shape index (κ2) is 14.6. The molecule has 11 heteroatoms. The summed E-state index contributed by atoms with van der Waals surface area (Å²) in [6.07, 6.45) is 2.91. The van der Waals surface area contributed by atoms with E-state index in [2.05, 4.69) is 16.7 Å². The van der Waals surface area contributed by atoms with E-state index in [0.717, 1.165) is 28.7 Å². The second-order valence-electron chi connectivity index (χ2n) is 13.4. The van der Waals surface area contributed by atoms with Crippen LogP contribution in [0.1, 0.15) is 69.2 Å². The molecule has 1 aliphatic carbocycles. The van der Waals surface area contributed by atoms with Crippen LogP contribution in [0, 0.1) is 22.6 Å². The van der Waals surface area contributed by atoms with Gasteiger partial charge < -0.3 is 25.3 Å². The molecular weight excluding hydrogens is 621 g/mol. The summed E-state index contributed by atoms with van der Waals surface area (Å²) in [7, 11) is 6.81. The molecule has 3 aromatic rings. The highest BCUT2D eigenvalue weighted by molar-refractivity contribution is 6.05. The van der Waals surface area contributed by atoms with Gasteiger partial charge in [-0.1, -0.05) is 12.1 Å². The lowest BCUT2D eigenvalue weighted by Crippen LogP contribution is -2.48. The van der Waals surface area contributed by atoms with E-state index >= 15 is 0 Å². The zero-order valence-corrected chi connectivity index (χ0v) is 28.8. The monoisotopic (exact) mass is 665 g/mol. The molecule has 256 valence electrons. The third-order valence-corrected chi connectivity index (χ3v) is 9.58. The number of hydrogen-bond donors (Lipinski definition) is 3. The van der Waals surface area contributed by atoms with Crippen molar-refractivity contribution >= 4 is 29.2 Å². The molecule has 10 nitrogen and oxygen atoms in total. The van der Waals surface area contributed by atoms with Crippen molar-refractivity contribution in [2.75, 3.05) is 46.6 Å². The Labute approximate surface area is 287 Å². The Kier molecular flexibility index (Phi) is 10.5. The van der Waals surface area contributed by atoms with Gasteiger partial charge in [-0.3, -0.25) is 19.8 Å². The molecule has 5 rings (SSSR count). The van der Waals surface area contributed by atoms with Crippen LogP contribution in [-0.4, -0.2) is 91.6 Å². The summed E-state index contributed by atoms with van der Waals surface area (Å²) < 4.78 is 13.9. The third-order valence-electron chi connectivity index (χ3n) is 9.58. The fourth-order valence-corrected chi connectivity index (χ4v) is 7.10. The van der Waals surface area contributed by atoms with E-state index in [-0.39, 0.29) is 36.1 Å². The SMILES string of the molecule is C[C@@H](CC1(C(=N)Nc2ccc(F)cc2)c2ccc(C(=O)N(C)C)cc2CCc2cc(C(=O)N(C)C)ccc21)NCC(=O)N1CCC[C@H]1C#N. The number of nitrogens with zero attached hydrogens (tertiary/aromatic N) is 4. The highest BCUT2D eigenvalue weighted by atomic mass is 19.1.